The monoisotopic (exact) mass is 471 g/mol. The van der Waals surface area contributed by atoms with Crippen molar-refractivity contribution in [2.24, 2.45) is 0 Å². The zero-order chi connectivity index (χ0) is 24.6. The van der Waals surface area contributed by atoms with Gasteiger partial charge in [0.2, 0.25) is 5.91 Å². The quantitative estimate of drug-likeness (QED) is 0.197. The molecule has 1 atom stereocenters. The van der Waals surface area contributed by atoms with E-state index in [9.17, 15) is 19.5 Å². The lowest BCUT2D eigenvalue weighted by atomic mass is 10.0. The number of hydrogen-bond donors (Lipinski definition) is 2. The number of amides is 1. The van der Waals surface area contributed by atoms with E-state index in [0.717, 1.165) is 42.0 Å². The lowest BCUT2D eigenvalue weighted by Gasteiger charge is -2.14. The van der Waals surface area contributed by atoms with E-state index in [2.05, 4.69) is 17.4 Å². The fraction of sp³-hybridized carbons (Fsp3) is 0.276. The molecule has 35 heavy (non-hydrogen) atoms. The number of carboxylic acid groups (broad SMARTS) is 1. The summed E-state index contributed by atoms with van der Waals surface area (Å²) in [5.41, 5.74) is 3.08. The molecule has 0 spiro atoms. The van der Waals surface area contributed by atoms with Gasteiger partial charge in [0.25, 0.3) is 0 Å². The van der Waals surface area contributed by atoms with Crippen LogP contribution in [-0.4, -0.2) is 28.8 Å². The molecule has 1 amide bonds. The molecule has 0 aliphatic heterocycles. The van der Waals surface area contributed by atoms with Crippen LogP contribution in [0.5, 0.6) is 0 Å². The van der Waals surface area contributed by atoms with Crippen LogP contribution < -0.4 is 5.32 Å². The third-order valence-electron chi connectivity index (χ3n) is 6.18. The number of hydrogen-bond acceptors (Lipinski definition) is 4. The van der Waals surface area contributed by atoms with Crippen LogP contribution in [0.25, 0.3) is 21.9 Å². The fourth-order valence-electron chi connectivity index (χ4n) is 4.28. The van der Waals surface area contributed by atoms with Gasteiger partial charge in [-0.25, -0.2) is 4.79 Å². The van der Waals surface area contributed by atoms with Crippen LogP contribution in [0.3, 0.4) is 0 Å². The zero-order valence-electron chi connectivity index (χ0n) is 19.5. The van der Waals surface area contributed by atoms with Crippen molar-refractivity contribution in [2.45, 2.75) is 51.0 Å². The topological polar surface area (TPSA) is 96.6 Å². The fourth-order valence-corrected chi connectivity index (χ4v) is 4.28. The van der Waals surface area contributed by atoms with Gasteiger partial charge >= 0.3 is 5.97 Å². The van der Waals surface area contributed by atoms with Gasteiger partial charge in [0.1, 0.15) is 17.2 Å². The maximum atomic E-state index is 12.8. The van der Waals surface area contributed by atoms with E-state index in [-0.39, 0.29) is 24.5 Å². The minimum Gasteiger partial charge on any atom is -0.480 e. The summed E-state index contributed by atoms with van der Waals surface area (Å²) in [6.45, 7) is 0. The molecule has 0 aliphatic rings. The minimum atomic E-state index is -1.26. The van der Waals surface area contributed by atoms with Crippen LogP contribution in [0.1, 0.15) is 54.4 Å². The summed E-state index contributed by atoms with van der Waals surface area (Å²) in [7, 11) is 0. The highest BCUT2D eigenvalue weighted by Gasteiger charge is 2.24. The number of aliphatic carboxylic acids is 1. The van der Waals surface area contributed by atoms with Crippen molar-refractivity contribution < 1.29 is 23.9 Å². The molecule has 1 aromatic heterocycles. The molecule has 0 fully saturated rings. The van der Waals surface area contributed by atoms with Gasteiger partial charge in [-0.1, -0.05) is 61.4 Å². The van der Waals surface area contributed by atoms with Gasteiger partial charge in [-0.2, -0.15) is 0 Å². The first-order valence-corrected chi connectivity index (χ1v) is 12.0. The van der Waals surface area contributed by atoms with Crippen LogP contribution in [0.2, 0.25) is 0 Å². The number of ketones is 1. The summed E-state index contributed by atoms with van der Waals surface area (Å²) in [4.78, 5) is 36.9. The second kappa shape index (κ2) is 11.5. The molecule has 180 valence electrons. The van der Waals surface area contributed by atoms with Crippen LogP contribution in [0.15, 0.2) is 77.2 Å². The molecule has 6 nitrogen and oxygen atoms in total. The van der Waals surface area contributed by atoms with Gasteiger partial charge in [0, 0.05) is 29.2 Å². The summed E-state index contributed by atoms with van der Waals surface area (Å²) < 4.78 is 5.78. The Morgan fingerprint density at radius 1 is 0.800 bits per heavy atom. The molecule has 0 saturated heterocycles. The number of benzene rings is 3. The molecule has 0 saturated carbocycles. The number of furan rings is 1. The van der Waals surface area contributed by atoms with Crippen molar-refractivity contribution in [3.63, 3.8) is 0 Å². The van der Waals surface area contributed by atoms with Crippen LogP contribution in [0, 0.1) is 0 Å². The second-order valence-corrected chi connectivity index (χ2v) is 8.79. The number of Topliss-reactive ketones (excluding diaryl/α,β-unsaturated/α-hetero) is 1. The molecule has 4 rings (SSSR count). The highest BCUT2D eigenvalue weighted by molar-refractivity contribution is 6.09. The minimum absolute atomic E-state index is 0.246. The molecular formula is C29H29NO5. The third-order valence-corrected chi connectivity index (χ3v) is 6.18. The molecular weight excluding hydrogens is 442 g/mol. The van der Waals surface area contributed by atoms with E-state index in [0.29, 0.717) is 17.6 Å². The highest BCUT2D eigenvalue weighted by Crippen LogP contribution is 2.29. The smallest absolute Gasteiger partial charge is 0.326 e. The molecule has 0 unspecified atom stereocenters. The third kappa shape index (κ3) is 6.35. The molecule has 2 N–H and O–H groups in total. The molecule has 0 radical (unpaired) electrons. The molecule has 0 bridgehead atoms. The average molecular weight is 472 g/mol. The van der Waals surface area contributed by atoms with E-state index >= 15 is 0 Å². The average Bonchev–Trinajstić information content (AvgIpc) is 3.24. The Morgan fingerprint density at radius 2 is 1.51 bits per heavy atom. The summed E-state index contributed by atoms with van der Waals surface area (Å²) >= 11 is 0. The molecule has 1 heterocycles. The molecule has 0 aliphatic carbocycles. The number of carbonyl (C=O) groups is 3. The maximum Gasteiger partial charge on any atom is 0.326 e. The first-order chi connectivity index (χ1) is 17.0. The number of unbranched alkanes of at least 4 members (excludes halogenated alkanes) is 3. The molecule has 4 aromatic rings. The van der Waals surface area contributed by atoms with Crippen molar-refractivity contribution in [3.05, 3.63) is 83.9 Å². The lowest BCUT2D eigenvalue weighted by molar-refractivity contribution is -0.141. The van der Waals surface area contributed by atoms with E-state index in [4.69, 9.17) is 4.42 Å². The number of para-hydroxylation sites is 1. The first kappa shape index (κ1) is 24.2. The summed E-state index contributed by atoms with van der Waals surface area (Å²) in [6.07, 6.45) is 4.59. The predicted molar refractivity (Wildman–Crippen MR) is 135 cm³/mol. The van der Waals surface area contributed by atoms with Gasteiger partial charge in [-0.05, 0) is 49.1 Å². The van der Waals surface area contributed by atoms with E-state index in [1.807, 2.05) is 42.5 Å². The van der Waals surface area contributed by atoms with Gasteiger partial charge in [-0.3, -0.25) is 9.59 Å². The number of aryl methyl sites for hydroxylation is 1. The number of carboxylic acids is 1. The van der Waals surface area contributed by atoms with Crippen molar-refractivity contribution >= 4 is 39.6 Å². The Balaban J connectivity index is 1.26. The van der Waals surface area contributed by atoms with Crippen LogP contribution in [0.4, 0.5) is 0 Å². The first-order valence-electron chi connectivity index (χ1n) is 12.0. The normalized spacial score (nSPS) is 12.0. The predicted octanol–water partition coefficient (Wildman–Crippen LogP) is 5.92. The van der Waals surface area contributed by atoms with Crippen molar-refractivity contribution in [1.82, 2.24) is 5.32 Å². The maximum absolute atomic E-state index is 12.8. The Kier molecular flexibility index (Phi) is 7.93. The summed E-state index contributed by atoms with van der Waals surface area (Å²) in [6, 6.07) is 21.6. The standard InChI is InChI=1S/C29H29NO5/c31-25(21-16-17-27-23(18-21)22-13-8-9-14-26(22)35-27)19-24(29(33)34)30-28(32)15-7-2-1-4-10-20-11-5-3-6-12-20/h3,5-6,8-9,11-14,16-18,24H,1-2,4,7,10,15,19H2,(H,30,32)(H,33,34)/t24-/m0/s1. The van der Waals surface area contributed by atoms with Crippen molar-refractivity contribution in [1.29, 1.82) is 0 Å². The number of fused-ring (bicyclic) bond motifs is 3. The highest BCUT2D eigenvalue weighted by atomic mass is 16.4. The SMILES string of the molecule is O=C(CCCCCCc1ccccc1)N[C@@H](CC(=O)c1ccc2oc3ccccc3c2c1)C(=O)O. The molecule has 3 aromatic carbocycles. The Morgan fingerprint density at radius 3 is 2.31 bits per heavy atom. The Labute approximate surface area is 203 Å². The van der Waals surface area contributed by atoms with Gasteiger partial charge in [0.05, 0.1) is 0 Å². The zero-order valence-corrected chi connectivity index (χ0v) is 19.5. The van der Waals surface area contributed by atoms with Crippen molar-refractivity contribution in [2.75, 3.05) is 0 Å². The van der Waals surface area contributed by atoms with Crippen molar-refractivity contribution in [3.8, 4) is 0 Å². The number of carbonyl (C=O) groups excluding carboxylic acids is 2. The van der Waals surface area contributed by atoms with E-state index < -0.39 is 12.0 Å². The largest absolute Gasteiger partial charge is 0.480 e. The number of rotatable bonds is 12. The lowest BCUT2D eigenvalue weighted by Crippen LogP contribution is -2.42. The molecule has 6 heteroatoms. The van der Waals surface area contributed by atoms with Crippen LogP contribution in [-0.2, 0) is 16.0 Å². The number of nitrogens with one attached hydrogen (secondary N) is 1. The van der Waals surface area contributed by atoms with E-state index in [1.165, 1.54) is 5.56 Å². The van der Waals surface area contributed by atoms with Gasteiger partial charge in [0.15, 0.2) is 5.78 Å². The summed E-state index contributed by atoms with van der Waals surface area (Å²) in [5.74, 6) is -1.90. The van der Waals surface area contributed by atoms with Crippen LogP contribution >= 0.6 is 0 Å². The summed E-state index contributed by atoms with van der Waals surface area (Å²) in [5, 5.41) is 13.8. The van der Waals surface area contributed by atoms with Gasteiger partial charge in [-0.15, -0.1) is 0 Å². The second-order valence-electron chi connectivity index (χ2n) is 8.79. The Bertz CT molecular complexity index is 1320. The van der Waals surface area contributed by atoms with E-state index in [1.54, 1.807) is 18.2 Å². The Hall–Kier alpha value is -3.93. The van der Waals surface area contributed by atoms with Gasteiger partial charge < -0.3 is 14.8 Å².